The number of hydrogen-bond donors (Lipinski definition) is 2. The Morgan fingerprint density at radius 2 is 2.23 bits per heavy atom. The van der Waals surface area contributed by atoms with Crippen LogP contribution in [0.5, 0.6) is 0 Å². The van der Waals surface area contributed by atoms with Crippen LogP contribution in [0.2, 0.25) is 0 Å². The Kier molecular flexibility index (Phi) is 3.91. The summed E-state index contributed by atoms with van der Waals surface area (Å²) in [5, 5.41) is 18.7. The van der Waals surface area contributed by atoms with Crippen LogP contribution in [0.25, 0.3) is 0 Å². The quantitative estimate of drug-likeness (QED) is 0.878. The molecule has 0 aliphatic rings. The van der Waals surface area contributed by atoms with Crippen molar-refractivity contribution >= 4 is 27.3 Å². The van der Waals surface area contributed by atoms with Crippen LogP contribution in [0.4, 0.5) is 0 Å². The number of hydrogen-bond acceptors (Lipinski definition) is 3. The summed E-state index contributed by atoms with van der Waals surface area (Å²) in [6, 6.07) is 3.83. The van der Waals surface area contributed by atoms with Crippen molar-refractivity contribution < 1.29 is 10.2 Å². The Hall–Kier alpha value is 0.1000. The van der Waals surface area contributed by atoms with Crippen molar-refractivity contribution in [2.45, 2.75) is 25.4 Å². The predicted molar refractivity (Wildman–Crippen MR) is 57.9 cm³/mol. The smallest absolute Gasteiger partial charge is 0.0961 e. The Bertz CT molecular complexity index is 270. The van der Waals surface area contributed by atoms with Gasteiger partial charge in [0, 0.05) is 11.5 Å². The fourth-order valence-electron chi connectivity index (χ4n) is 1.15. The number of thiophene rings is 1. The van der Waals surface area contributed by atoms with E-state index in [0.29, 0.717) is 12.8 Å². The van der Waals surface area contributed by atoms with E-state index in [9.17, 15) is 5.11 Å². The molecule has 0 aromatic carbocycles. The summed E-state index contributed by atoms with van der Waals surface area (Å²) in [6.45, 7) is 1.91. The molecule has 2 N–H and O–H groups in total. The van der Waals surface area contributed by atoms with Crippen LogP contribution < -0.4 is 0 Å². The van der Waals surface area contributed by atoms with Gasteiger partial charge in [-0.25, -0.2) is 0 Å². The molecule has 0 aliphatic carbocycles. The van der Waals surface area contributed by atoms with Crippen LogP contribution in [0.15, 0.2) is 15.9 Å². The lowest BCUT2D eigenvalue weighted by molar-refractivity contribution is 0.0439. The number of aliphatic hydroxyl groups excluding tert-OH is 1. The highest BCUT2D eigenvalue weighted by Gasteiger charge is 2.23. The van der Waals surface area contributed by atoms with E-state index in [0.717, 1.165) is 8.66 Å². The van der Waals surface area contributed by atoms with Gasteiger partial charge in [0.2, 0.25) is 0 Å². The fourth-order valence-corrected chi connectivity index (χ4v) is 2.61. The molecule has 74 valence electrons. The highest BCUT2D eigenvalue weighted by Crippen LogP contribution is 2.33. The summed E-state index contributed by atoms with van der Waals surface area (Å²) in [6.07, 6.45) is 1.22. The standard InChI is InChI=1S/C9H13BrO2S/c1-9(12,5-2-6-11)7-3-4-8(10)13-7/h3-4,11-12H,2,5-6H2,1H3. The van der Waals surface area contributed by atoms with Gasteiger partial charge in [0.15, 0.2) is 0 Å². The van der Waals surface area contributed by atoms with Crippen molar-refractivity contribution in [1.29, 1.82) is 0 Å². The first-order valence-electron chi connectivity index (χ1n) is 4.15. The highest BCUT2D eigenvalue weighted by atomic mass is 79.9. The molecule has 1 atom stereocenters. The molecule has 0 aliphatic heterocycles. The molecule has 0 amide bonds. The minimum atomic E-state index is -0.806. The number of rotatable bonds is 4. The molecule has 1 aromatic rings. The Labute approximate surface area is 90.4 Å². The highest BCUT2D eigenvalue weighted by molar-refractivity contribution is 9.11. The van der Waals surface area contributed by atoms with Crippen molar-refractivity contribution in [2.75, 3.05) is 6.61 Å². The molecular weight excluding hydrogens is 252 g/mol. The average Bonchev–Trinajstić information content (AvgIpc) is 2.49. The van der Waals surface area contributed by atoms with Crippen LogP contribution in [0.1, 0.15) is 24.6 Å². The van der Waals surface area contributed by atoms with Gasteiger partial charge in [-0.2, -0.15) is 0 Å². The van der Waals surface area contributed by atoms with Crippen LogP contribution in [-0.4, -0.2) is 16.8 Å². The molecule has 13 heavy (non-hydrogen) atoms. The molecule has 1 unspecified atom stereocenters. The maximum Gasteiger partial charge on any atom is 0.0961 e. The second-order valence-electron chi connectivity index (χ2n) is 3.20. The summed E-state index contributed by atoms with van der Waals surface area (Å²) in [7, 11) is 0. The number of halogens is 1. The number of aliphatic hydroxyl groups is 2. The minimum Gasteiger partial charge on any atom is -0.396 e. The fraction of sp³-hybridized carbons (Fsp3) is 0.556. The summed E-state index contributed by atoms with van der Waals surface area (Å²) in [5.74, 6) is 0. The van der Waals surface area contributed by atoms with Gasteiger partial charge in [-0.15, -0.1) is 11.3 Å². The summed E-state index contributed by atoms with van der Waals surface area (Å²) < 4.78 is 1.02. The van der Waals surface area contributed by atoms with Gasteiger partial charge in [-0.3, -0.25) is 0 Å². The summed E-state index contributed by atoms with van der Waals surface area (Å²) >= 11 is 4.88. The van der Waals surface area contributed by atoms with Gasteiger partial charge in [-0.05, 0) is 47.8 Å². The van der Waals surface area contributed by atoms with Gasteiger partial charge in [0.05, 0.1) is 9.39 Å². The van der Waals surface area contributed by atoms with Gasteiger partial charge >= 0.3 is 0 Å². The molecule has 1 rings (SSSR count). The van der Waals surface area contributed by atoms with E-state index < -0.39 is 5.60 Å². The molecule has 0 saturated carbocycles. The van der Waals surface area contributed by atoms with Crippen molar-refractivity contribution in [2.24, 2.45) is 0 Å². The van der Waals surface area contributed by atoms with E-state index in [2.05, 4.69) is 15.9 Å². The first kappa shape index (κ1) is 11.2. The Morgan fingerprint density at radius 3 is 2.69 bits per heavy atom. The van der Waals surface area contributed by atoms with E-state index >= 15 is 0 Å². The van der Waals surface area contributed by atoms with Gasteiger partial charge < -0.3 is 10.2 Å². The molecule has 1 heterocycles. The zero-order valence-electron chi connectivity index (χ0n) is 7.46. The van der Waals surface area contributed by atoms with E-state index in [4.69, 9.17) is 5.11 Å². The zero-order chi connectivity index (χ0) is 9.90. The van der Waals surface area contributed by atoms with E-state index in [1.54, 1.807) is 6.92 Å². The first-order chi connectivity index (χ1) is 6.06. The molecule has 4 heteroatoms. The Balaban J connectivity index is 2.68. The molecule has 0 bridgehead atoms. The van der Waals surface area contributed by atoms with Crippen molar-refractivity contribution in [1.82, 2.24) is 0 Å². The normalized spacial score (nSPS) is 15.7. The van der Waals surface area contributed by atoms with Crippen LogP contribution in [-0.2, 0) is 5.60 Å². The van der Waals surface area contributed by atoms with Crippen molar-refractivity contribution in [3.05, 3.63) is 20.8 Å². The Morgan fingerprint density at radius 1 is 1.54 bits per heavy atom. The third-order valence-corrected chi connectivity index (χ3v) is 3.80. The van der Waals surface area contributed by atoms with Crippen LogP contribution in [0, 0.1) is 0 Å². The van der Waals surface area contributed by atoms with E-state index in [1.807, 2.05) is 12.1 Å². The lowest BCUT2D eigenvalue weighted by atomic mass is 9.99. The maximum atomic E-state index is 10.0. The molecule has 1 aromatic heterocycles. The second-order valence-corrected chi connectivity index (χ2v) is 5.67. The van der Waals surface area contributed by atoms with Gasteiger partial charge in [0.25, 0.3) is 0 Å². The summed E-state index contributed by atoms with van der Waals surface area (Å²) in [4.78, 5) is 0.938. The minimum absolute atomic E-state index is 0.128. The molecule has 2 nitrogen and oxygen atoms in total. The molecule has 0 radical (unpaired) electrons. The largest absolute Gasteiger partial charge is 0.396 e. The van der Waals surface area contributed by atoms with Gasteiger partial charge in [0.1, 0.15) is 0 Å². The van der Waals surface area contributed by atoms with Crippen LogP contribution in [0.3, 0.4) is 0 Å². The molecular formula is C9H13BrO2S. The summed E-state index contributed by atoms with van der Waals surface area (Å²) in [5.41, 5.74) is -0.806. The third kappa shape index (κ3) is 3.06. The lowest BCUT2D eigenvalue weighted by Gasteiger charge is -2.20. The molecule has 0 spiro atoms. The lowest BCUT2D eigenvalue weighted by Crippen LogP contribution is -2.19. The first-order valence-corrected chi connectivity index (χ1v) is 5.76. The third-order valence-electron chi connectivity index (χ3n) is 1.93. The van der Waals surface area contributed by atoms with E-state index in [1.165, 1.54) is 11.3 Å². The predicted octanol–water partition coefficient (Wildman–Crippen LogP) is 2.49. The van der Waals surface area contributed by atoms with Crippen molar-refractivity contribution in [3.63, 3.8) is 0 Å². The molecule has 0 fully saturated rings. The SMILES string of the molecule is CC(O)(CCCO)c1ccc(Br)s1. The van der Waals surface area contributed by atoms with Gasteiger partial charge in [-0.1, -0.05) is 0 Å². The monoisotopic (exact) mass is 264 g/mol. The molecule has 0 saturated heterocycles. The maximum absolute atomic E-state index is 10.0. The van der Waals surface area contributed by atoms with Crippen molar-refractivity contribution in [3.8, 4) is 0 Å². The topological polar surface area (TPSA) is 40.5 Å². The second kappa shape index (κ2) is 4.55. The van der Waals surface area contributed by atoms with E-state index in [-0.39, 0.29) is 6.61 Å². The van der Waals surface area contributed by atoms with Crippen LogP contribution >= 0.6 is 27.3 Å². The average molecular weight is 265 g/mol. The zero-order valence-corrected chi connectivity index (χ0v) is 9.86.